The van der Waals surface area contributed by atoms with Crippen molar-refractivity contribution in [2.24, 2.45) is 5.92 Å². The highest BCUT2D eigenvalue weighted by atomic mass is 16.5. The molecule has 1 fully saturated rings. The summed E-state index contributed by atoms with van der Waals surface area (Å²) in [5, 5.41) is 0. The van der Waals surface area contributed by atoms with Crippen LogP contribution in [0.2, 0.25) is 0 Å². The van der Waals surface area contributed by atoms with Gasteiger partial charge in [-0.05, 0) is 43.0 Å². The molecular weight excluding hydrogens is 242 g/mol. The van der Waals surface area contributed by atoms with Crippen molar-refractivity contribution in [2.45, 2.75) is 19.3 Å². The lowest BCUT2D eigenvalue weighted by atomic mass is 9.94. The summed E-state index contributed by atoms with van der Waals surface area (Å²) in [7, 11) is 1.38. The smallest absolute Gasteiger partial charge is 0.337 e. The van der Waals surface area contributed by atoms with Gasteiger partial charge in [0.25, 0.3) is 0 Å². The average molecular weight is 261 g/mol. The second kappa shape index (κ2) is 6.36. The van der Waals surface area contributed by atoms with Gasteiger partial charge in [-0.2, -0.15) is 0 Å². The second-order valence-corrected chi connectivity index (χ2v) is 4.87. The lowest BCUT2D eigenvalue weighted by molar-refractivity contribution is -0.108. The molecule has 102 valence electrons. The zero-order valence-corrected chi connectivity index (χ0v) is 11.2. The quantitative estimate of drug-likeness (QED) is 0.616. The number of aldehydes is 1. The normalized spacial score (nSPS) is 16.2. The number of hydrogen-bond acceptors (Lipinski definition) is 4. The van der Waals surface area contributed by atoms with Crippen LogP contribution in [0.3, 0.4) is 0 Å². The van der Waals surface area contributed by atoms with E-state index in [1.807, 2.05) is 12.1 Å². The molecule has 0 amide bonds. The first-order valence-electron chi connectivity index (χ1n) is 6.61. The minimum atomic E-state index is -0.309. The second-order valence-electron chi connectivity index (χ2n) is 4.87. The van der Waals surface area contributed by atoms with E-state index in [0.717, 1.165) is 37.9 Å². The minimum absolute atomic E-state index is 0.309. The number of hydrogen-bond donors (Lipinski definition) is 0. The van der Waals surface area contributed by atoms with Crippen molar-refractivity contribution in [3.8, 4) is 0 Å². The Morgan fingerprint density at radius 1 is 1.32 bits per heavy atom. The number of carbonyl (C=O) groups excluding carboxylic acids is 2. The molecular formula is C15H19NO3. The molecule has 0 unspecified atom stereocenters. The van der Waals surface area contributed by atoms with Crippen molar-refractivity contribution in [1.29, 1.82) is 0 Å². The fraction of sp³-hybridized carbons (Fsp3) is 0.467. The third-order valence-electron chi connectivity index (χ3n) is 3.70. The van der Waals surface area contributed by atoms with Crippen molar-refractivity contribution < 1.29 is 14.3 Å². The number of esters is 1. The maximum atomic E-state index is 11.3. The molecule has 1 aliphatic heterocycles. The van der Waals surface area contributed by atoms with E-state index >= 15 is 0 Å². The number of ether oxygens (including phenoxy) is 1. The summed E-state index contributed by atoms with van der Waals surface area (Å²) in [6.07, 6.45) is 3.80. The first-order valence-corrected chi connectivity index (χ1v) is 6.61. The Morgan fingerprint density at radius 2 is 1.95 bits per heavy atom. The maximum absolute atomic E-state index is 11.3. The van der Waals surface area contributed by atoms with E-state index in [4.69, 9.17) is 0 Å². The van der Waals surface area contributed by atoms with E-state index in [1.165, 1.54) is 7.11 Å². The third-order valence-corrected chi connectivity index (χ3v) is 3.70. The highest BCUT2D eigenvalue weighted by molar-refractivity contribution is 5.89. The van der Waals surface area contributed by atoms with E-state index in [9.17, 15) is 9.59 Å². The molecule has 4 nitrogen and oxygen atoms in total. The maximum Gasteiger partial charge on any atom is 0.337 e. The van der Waals surface area contributed by atoms with Crippen molar-refractivity contribution in [2.75, 3.05) is 25.1 Å². The summed E-state index contributed by atoms with van der Waals surface area (Å²) in [6, 6.07) is 7.48. The van der Waals surface area contributed by atoms with E-state index in [-0.39, 0.29) is 5.97 Å². The van der Waals surface area contributed by atoms with Crippen LogP contribution in [-0.4, -0.2) is 32.5 Å². The standard InChI is InChI=1S/C15H19NO3/c1-19-15(18)13-2-4-14(5-3-13)16-9-6-12(7-10-16)8-11-17/h2-5,11-12H,6-10H2,1H3. The molecule has 1 aromatic rings. The summed E-state index contributed by atoms with van der Waals surface area (Å²) in [6.45, 7) is 1.94. The summed E-state index contributed by atoms with van der Waals surface area (Å²) >= 11 is 0. The molecule has 0 aromatic heterocycles. The molecule has 19 heavy (non-hydrogen) atoms. The predicted molar refractivity (Wildman–Crippen MR) is 73.4 cm³/mol. The van der Waals surface area contributed by atoms with E-state index in [1.54, 1.807) is 12.1 Å². The Kier molecular flexibility index (Phi) is 4.55. The van der Waals surface area contributed by atoms with Gasteiger partial charge in [0.1, 0.15) is 6.29 Å². The summed E-state index contributed by atoms with van der Waals surface area (Å²) in [5.74, 6) is 0.222. The SMILES string of the molecule is COC(=O)c1ccc(N2CCC(CC=O)CC2)cc1. The number of carbonyl (C=O) groups is 2. The zero-order valence-electron chi connectivity index (χ0n) is 11.2. The van der Waals surface area contributed by atoms with Crippen LogP contribution in [0.5, 0.6) is 0 Å². The van der Waals surface area contributed by atoms with E-state index in [0.29, 0.717) is 17.9 Å². The lowest BCUT2D eigenvalue weighted by Crippen LogP contribution is -2.33. The fourth-order valence-electron chi connectivity index (χ4n) is 2.49. The van der Waals surface area contributed by atoms with E-state index < -0.39 is 0 Å². The van der Waals surface area contributed by atoms with Gasteiger partial charge >= 0.3 is 5.97 Å². The van der Waals surface area contributed by atoms with Crippen LogP contribution in [0.1, 0.15) is 29.6 Å². The lowest BCUT2D eigenvalue weighted by Gasteiger charge is -2.33. The van der Waals surface area contributed by atoms with Crippen LogP contribution in [0.15, 0.2) is 24.3 Å². The molecule has 1 heterocycles. The summed E-state index contributed by atoms with van der Waals surface area (Å²) < 4.78 is 4.68. The fourth-order valence-corrected chi connectivity index (χ4v) is 2.49. The van der Waals surface area contributed by atoms with Gasteiger partial charge in [0.05, 0.1) is 12.7 Å². The molecule has 4 heteroatoms. The van der Waals surface area contributed by atoms with Gasteiger partial charge in [0, 0.05) is 25.2 Å². The monoisotopic (exact) mass is 261 g/mol. The average Bonchev–Trinajstić information content (AvgIpc) is 2.48. The van der Waals surface area contributed by atoms with Crippen LogP contribution >= 0.6 is 0 Å². The Morgan fingerprint density at radius 3 is 2.47 bits per heavy atom. The molecule has 0 spiro atoms. The van der Waals surface area contributed by atoms with Crippen molar-refractivity contribution in [3.05, 3.63) is 29.8 Å². The first-order chi connectivity index (χ1) is 9.24. The molecule has 2 rings (SSSR count). The molecule has 0 radical (unpaired) electrons. The van der Waals surface area contributed by atoms with Gasteiger partial charge < -0.3 is 14.4 Å². The summed E-state index contributed by atoms with van der Waals surface area (Å²) in [4.78, 5) is 24.1. The Balaban J connectivity index is 1.96. The van der Waals surface area contributed by atoms with Gasteiger partial charge in [-0.1, -0.05) is 0 Å². The van der Waals surface area contributed by atoms with Crippen LogP contribution in [0, 0.1) is 5.92 Å². The molecule has 0 saturated carbocycles. The number of nitrogens with zero attached hydrogens (tertiary/aromatic N) is 1. The Bertz CT molecular complexity index is 433. The van der Waals surface area contributed by atoms with E-state index in [2.05, 4.69) is 9.64 Å². The summed E-state index contributed by atoms with van der Waals surface area (Å²) in [5.41, 5.74) is 1.69. The Labute approximate surface area is 113 Å². The molecule has 1 saturated heterocycles. The first kappa shape index (κ1) is 13.6. The number of benzene rings is 1. The van der Waals surface area contributed by atoms with Gasteiger partial charge in [0.15, 0.2) is 0 Å². The molecule has 0 bridgehead atoms. The molecule has 1 aromatic carbocycles. The molecule has 0 aliphatic carbocycles. The molecule has 1 aliphatic rings. The number of piperidine rings is 1. The van der Waals surface area contributed by atoms with Crippen LogP contribution in [-0.2, 0) is 9.53 Å². The number of anilines is 1. The zero-order chi connectivity index (χ0) is 13.7. The Hall–Kier alpha value is -1.84. The number of methoxy groups -OCH3 is 1. The largest absolute Gasteiger partial charge is 0.465 e. The topological polar surface area (TPSA) is 46.6 Å². The highest BCUT2D eigenvalue weighted by Crippen LogP contribution is 2.24. The molecule has 0 atom stereocenters. The van der Waals surface area contributed by atoms with Crippen LogP contribution < -0.4 is 4.90 Å². The third kappa shape index (κ3) is 3.34. The van der Waals surface area contributed by atoms with Gasteiger partial charge in [0.2, 0.25) is 0 Å². The van der Waals surface area contributed by atoms with Gasteiger partial charge in [-0.3, -0.25) is 0 Å². The minimum Gasteiger partial charge on any atom is -0.465 e. The van der Waals surface area contributed by atoms with Crippen molar-refractivity contribution in [3.63, 3.8) is 0 Å². The van der Waals surface area contributed by atoms with Crippen molar-refractivity contribution >= 4 is 17.9 Å². The van der Waals surface area contributed by atoms with Crippen molar-refractivity contribution in [1.82, 2.24) is 0 Å². The van der Waals surface area contributed by atoms with Gasteiger partial charge in [-0.25, -0.2) is 4.79 Å². The van der Waals surface area contributed by atoms with Crippen LogP contribution in [0.25, 0.3) is 0 Å². The van der Waals surface area contributed by atoms with Crippen LogP contribution in [0.4, 0.5) is 5.69 Å². The van der Waals surface area contributed by atoms with Gasteiger partial charge in [-0.15, -0.1) is 0 Å². The highest BCUT2D eigenvalue weighted by Gasteiger charge is 2.19. The number of rotatable bonds is 4. The predicted octanol–water partition coefficient (Wildman–Crippen LogP) is 2.28. The molecule has 0 N–H and O–H groups in total.